The summed E-state index contributed by atoms with van der Waals surface area (Å²) in [6.45, 7) is 1.80. The van der Waals surface area contributed by atoms with Gasteiger partial charge in [-0.05, 0) is 62.5 Å². The van der Waals surface area contributed by atoms with Crippen molar-refractivity contribution < 1.29 is 9.90 Å². The Morgan fingerprint density at radius 1 is 1.40 bits per heavy atom. The molecule has 0 aliphatic carbocycles. The fraction of sp³-hybridized carbons (Fsp3) is 0.0833. The summed E-state index contributed by atoms with van der Waals surface area (Å²) in [5.41, 5.74) is 4.15. The molecule has 0 atom stereocenters. The van der Waals surface area contributed by atoms with Crippen LogP contribution >= 0.6 is 31.9 Å². The molecule has 1 amide bonds. The number of nitrogens with zero attached hydrogens (tertiary/aromatic N) is 2. The van der Waals surface area contributed by atoms with Crippen LogP contribution in [-0.4, -0.2) is 27.4 Å². The summed E-state index contributed by atoms with van der Waals surface area (Å²) in [6.07, 6.45) is 1.46. The number of amides is 1. The molecule has 1 aromatic heterocycles. The van der Waals surface area contributed by atoms with E-state index in [1.807, 2.05) is 0 Å². The number of rotatable bonds is 3. The van der Waals surface area contributed by atoms with Crippen molar-refractivity contribution in [3.8, 4) is 5.75 Å². The molecule has 20 heavy (non-hydrogen) atoms. The number of aromatic hydroxyl groups is 1. The predicted molar refractivity (Wildman–Crippen MR) is 81.9 cm³/mol. The fourth-order valence-electron chi connectivity index (χ4n) is 1.42. The number of phenolic OH excluding ortho intramolecular Hbond substituents is 1. The average Bonchev–Trinajstić information content (AvgIpc) is 2.82. The molecular weight excluding hydrogens is 392 g/mol. The van der Waals surface area contributed by atoms with Crippen LogP contribution in [0.25, 0.3) is 0 Å². The lowest BCUT2D eigenvalue weighted by atomic mass is 10.2. The number of carbonyl (C=O) groups is 1. The third-order valence-electron chi connectivity index (χ3n) is 2.36. The van der Waals surface area contributed by atoms with Gasteiger partial charge in [-0.25, -0.2) is 5.43 Å². The van der Waals surface area contributed by atoms with Crippen molar-refractivity contribution in [2.45, 2.75) is 6.92 Å². The van der Waals surface area contributed by atoms with Gasteiger partial charge in [0.25, 0.3) is 5.91 Å². The number of aromatic amines is 1. The quantitative estimate of drug-likeness (QED) is 0.545. The molecular formula is C12H10Br2N4O2. The van der Waals surface area contributed by atoms with Gasteiger partial charge in [-0.15, -0.1) is 0 Å². The fourth-order valence-corrected chi connectivity index (χ4v) is 2.64. The molecule has 3 N–H and O–H groups in total. The summed E-state index contributed by atoms with van der Waals surface area (Å²) in [5, 5.41) is 19.9. The second-order valence-corrected chi connectivity index (χ2v) is 5.68. The van der Waals surface area contributed by atoms with Crippen LogP contribution in [0.15, 0.2) is 32.2 Å². The second kappa shape index (κ2) is 6.19. The number of phenols is 1. The van der Waals surface area contributed by atoms with Crippen molar-refractivity contribution in [1.29, 1.82) is 0 Å². The van der Waals surface area contributed by atoms with Crippen molar-refractivity contribution in [2.24, 2.45) is 5.10 Å². The van der Waals surface area contributed by atoms with Gasteiger partial charge in [-0.2, -0.15) is 10.2 Å². The van der Waals surface area contributed by atoms with Crippen LogP contribution in [0.4, 0.5) is 0 Å². The zero-order chi connectivity index (χ0) is 14.7. The molecule has 0 spiro atoms. The Balaban J connectivity index is 2.05. The van der Waals surface area contributed by atoms with E-state index >= 15 is 0 Å². The summed E-state index contributed by atoms with van der Waals surface area (Å²) in [5.74, 6) is -0.291. The number of H-pyrrole nitrogens is 1. The number of hydrogen-bond acceptors (Lipinski definition) is 4. The lowest BCUT2D eigenvalue weighted by Gasteiger charge is -2.01. The van der Waals surface area contributed by atoms with Crippen LogP contribution in [0.2, 0.25) is 0 Å². The molecule has 0 saturated carbocycles. The van der Waals surface area contributed by atoms with E-state index < -0.39 is 5.91 Å². The number of carbonyl (C=O) groups excluding carboxylic acids is 1. The largest absolute Gasteiger partial charge is 0.506 e. The highest BCUT2D eigenvalue weighted by molar-refractivity contribution is 9.11. The summed E-state index contributed by atoms with van der Waals surface area (Å²) in [4.78, 5) is 11.7. The van der Waals surface area contributed by atoms with Crippen LogP contribution < -0.4 is 5.43 Å². The molecule has 1 aromatic carbocycles. The molecule has 104 valence electrons. The van der Waals surface area contributed by atoms with Crippen molar-refractivity contribution in [3.05, 3.63) is 44.1 Å². The molecule has 0 radical (unpaired) electrons. The minimum atomic E-state index is -0.400. The first-order valence-electron chi connectivity index (χ1n) is 5.51. The van der Waals surface area contributed by atoms with Crippen LogP contribution in [0.1, 0.15) is 21.7 Å². The number of hydrazone groups is 1. The minimum absolute atomic E-state index is 0.109. The first kappa shape index (κ1) is 14.7. The molecule has 2 aromatic rings. The zero-order valence-corrected chi connectivity index (χ0v) is 13.5. The molecule has 2 rings (SSSR count). The number of aromatic nitrogens is 2. The van der Waals surface area contributed by atoms with Gasteiger partial charge in [-0.1, -0.05) is 0 Å². The van der Waals surface area contributed by atoms with Crippen LogP contribution in [-0.2, 0) is 0 Å². The summed E-state index contributed by atoms with van der Waals surface area (Å²) >= 11 is 6.43. The number of benzene rings is 1. The molecule has 1 heterocycles. The molecule has 6 nitrogen and oxygen atoms in total. The van der Waals surface area contributed by atoms with Crippen LogP contribution in [0.3, 0.4) is 0 Å². The number of aryl methyl sites for hydroxylation is 1. The van der Waals surface area contributed by atoms with Gasteiger partial charge in [-0.3, -0.25) is 9.89 Å². The van der Waals surface area contributed by atoms with E-state index in [9.17, 15) is 9.90 Å². The lowest BCUT2D eigenvalue weighted by molar-refractivity contribution is 0.0950. The van der Waals surface area contributed by atoms with Gasteiger partial charge in [0.2, 0.25) is 0 Å². The first-order valence-corrected chi connectivity index (χ1v) is 7.09. The van der Waals surface area contributed by atoms with Gasteiger partial charge >= 0.3 is 0 Å². The monoisotopic (exact) mass is 400 g/mol. The first-order chi connectivity index (χ1) is 9.47. The zero-order valence-electron chi connectivity index (χ0n) is 10.3. The van der Waals surface area contributed by atoms with E-state index in [0.29, 0.717) is 14.5 Å². The lowest BCUT2D eigenvalue weighted by Crippen LogP contribution is -2.18. The Labute approximate surface area is 131 Å². The molecule has 0 fully saturated rings. The molecule has 0 unspecified atom stereocenters. The van der Waals surface area contributed by atoms with Crippen molar-refractivity contribution in [2.75, 3.05) is 0 Å². The van der Waals surface area contributed by atoms with E-state index in [4.69, 9.17) is 0 Å². The van der Waals surface area contributed by atoms with Gasteiger partial charge < -0.3 is 5.11 Å². The van der Waals surface area contributed by atoms with E-state index in [2.05, 4.69) is 52.6 Å². The van der Waals surface area contributed by atoms with Crippen molar-refractivity contribution in [1.82, 2.24) is 15.6 Å². The summed E-state index contributed by atoms with van der Waals surface area (Å²) < 4.78 is 1.06. The Kier molecular flexibility index (Phi) is 4.56. The Morgan fingerprint density at radius 3 is 2.60 bits per heavy atom. The molecule has 8 heteroatoms. The van der Waals surface area contributed by atoms with Crippen molar-refractivity contribution >= 4 is 44.0 Å². The highest BCUT2D eigenvalue weighted by Crippen LogP contribution is 2.32. The van der Waals surface area contributed by atoms with Gasteiger partial charge in [0.15, 0.2) is 5.69 Å². The van der Waals surface area contributed by atoms with Gasteiger partial charge in [0.1, 0.15) is 5.75 Å². The normalized spacial score (nSPS) is 10.9. The number of nitrogens with one attached hydrogen (secondary N) is 2. The van der Waals surface area contributed by atoms with E-state index in [-0.39, 0.29) is 11.4 Å². The Bertz CT molecular complexity index is 659. The SMILES string of the molecule is Cc1cc(C(=O)N/N=C/c2cc(Br)c(O)c(Br)c2)n[nH]1. The smallest absolute Gasteiger partial charge is 0.291 e. The third-order valence-corrected chi connectivity index (χ3v) is 3.57. The second-order valence-electron chi connectivity index (χ2n) is 3.97. The summed E-state index contributed by atoms with van der Waals surface area (Å²) in [7, 11) is 0. The molecule has 0 saturated heterocycles. The summed E-state index contributed by atoms with van der Waals surface area (Å²) in [6, 6.07) is 4.97. The van der Waals surface area contributed by atoms with Gasteiger partial charge in [0, 0.05) is 5.69 Å². The topological polar surface area (TPSA) is 90.4 Å². The maximum atomic E-state index is 11.7. The van der Waals surface area contributed by atoms with Crippen LogP contribution in [0.5, 0.6) is 5.75 Å². The maximum Gasteiger partial charge on any atom is 0.291 e. The average molecular weight is 402 g/mol. The predicted octanol–water partition coefficient (Wildman–Crippen LogP) is 2.71. The maximum absolute atomic E-state index is 11.7. The van der Waals surface area contributed by atoms with E-state index in [1.165, 1.54) is 6.21 Å². The minimum Gasteiger partial charge on any atom is -0.506 e. The Hall–Kier alpha value is -1.67. The van der Waals surface area contributed by atoms with Crippen molar-refractivity contribution in [3.63, 3.8) is 0 Å². The number of hydrogen-bond donors (Lipinski definition) is 3. The van der Waals surface area contributed by atoms with E-state index in [0.717, 1.165) is 5.69 Å². The highest BCUT2D eigenvalue weighted by Gasteiger charge is 2.08. The van der Waals surface area contributed by atoms with Gasteiger partial charge in [0.05, 0.1) is 15.2 Å². The number of halogens is 2. The van der Waals surface area contributed by atoms with E-state index in [1.54, 1.807) is 25.1 Å². The molecule has 0 aliphatic rings. The highest BCUT2D eigenvalue weighted by atomic mass is 79.9. The molecule has 0 bridgehead atoms. The third kappa shape index (κ3) is 3.45. The van der Waals surface area contributed by atoms with Crippen LogP contribution in [0, 0.1) is 6.92 Å². The molecule has 0 aliphatic heterocycles. The standard InChI is InChI=1S/C12H10Br2N4O2/c1-6-2-10(17-16-6)12(20)18-15-5-7-3-8(13)11(19)9(14)4-7/h2-5,19H,1H3,(H,16,17)(H,18,20)/b15-5+. The Morgan fingerprint density at radius 2 is 2.05 bits per heavy atom.